The van der Waals surface area contributed by atoms with Gasteiger partial charge in [-0.15, -0.1) is 10.2 Å². The zero-order chi connectivity index (χ0) is 38.9. The SMILES string of the molecule is O=C(O)c1cc(N=Nc2ccc(CCc3ccc(N=Nc4cc(C(=O)O)c(O)c5ccccc45)cc3S(=O)(=O)O)c(S(=O)(=O)O)c2)c2ccccc2c1O.[Na+]. The number of carbonyl (C=O) groups is 2. The summed E-state index contributed by atoms with van der Waals surface area (Å²) in [6.45, 7) is 0. The summed E-state index contributed by atoms with van der Waals surface area (Å²) in [5.41, 5.74) is -0.747. The number of benzene rings is 6. The van der Waals surface area contributed by atoms with Crippen LogP contribution in [0.5, 0.6) is 11.5 Å². The summed E-state index contributed by atoms with van der Waals surface area (Å²) in [4.78, 5) is 22.3. The standard InChI is InChI=1S/C36H26N4O12S2.Na/c41-33-25-7-3-1-5-23(25)29(17-27(33)35(43)44)39-37-21-13-11-19(31(15-21)53(47,48)49)9-10-20-12-14-22(16-32(20)54(50,51)52)38-40-30-18-28(36(45)46)34(42)26-8-4-2-6-24(26)30;/h1-8,11-18,41-42H,9-10H2,(H,43,44)(H,45,46)(H,47,48,49)(H,50,51,52);/q;+1. The molecule has 0 unspecified atom stereocenters. The zero-order valence-electron chi connectivity index (χ0n) is 28.4. The predicted molar refractivity (Wildman–Crippen MR) is 193 cm³/mol. The van der Waals surface area contributed by atoms with Gasteiger partial charge in [0.05, 0.1) is 32.5 Å². The average molecular weight is 794 g/mol. The van der Waals surface area contributed by atoms with Crippen LogP contribution in [0.3, 0.4) is 0 Å². The zero-order valence-corrected chi connectivity index (χ0v) is 32.0. The third kappa shape index (κ3) is 8.71. The van der Waals surface area contributed by atoms with Crippen LogP contribution in [0.1, 0.15) is 31.8 Å². The van der Waals surface area contributed by atoms with Crippen LogP contribution >= 0.6 is 0 Å². The number of phenols is 2. The summed E-state index contributed by atoms with van der Waals surface area (Å²) in [6, 6.07) is 22.2. The monoisotopic (exact) mass is 793 g/mol. The van der Waals surface area contributed by atoms with Gasteiger partial charge in [-0.25, -0.2) is 9.59 Å². The summed E-state index contributed by atoms with van der Waals surface area (Å²) >= 11 is 0. The van der Waals surface area contributed by atoms with E-state index in [4.69, 9.17) is 0 Å². The molecule has 0 aromatic heterocycles. The van der Waals surface area contributed by atoms with Crippen LogP contribution in [0, 0.1) is 0 Å². The van der Waals surface area contributed by atoms with Gasteiger partial charge in [0, 0.05) is 21.5 Å². The molecule has 274 valence electrons. The van der Waals surface area contributed by atoms with Gasteiger partial charge >= 0.3 is 41.5 Å². The van der Waals surface area contributed by atoms with Crippen molar-refractivity contribution in [2.24, 2.45) is 20.5 Å². The average Bonchev–Trinajstić information content (AvgIpc) is 3.13. The molecule has 55 heavy (non-hydrogen) atoms. The van der Waals surface area contributed by atoms with Crippen molar-refractivity contribution >= 4 is 76.5 Å². The molecule has 0 atom stereocenters. The number of aromatic hydroxyl groups is 2. The molecule has 0 spiro atoms. The maximum Gasteiger partial charge on any atom is 1.00 e. The first-order valence-corrected chi connectivity index (χ1v) is 18.4. The van der Waals surface area contributed by atoms with Crippen LogP contribution in [0.15, 0.2) is 127 Å². The maximum atomic E-state index is 12.4. The first-order chi connectivity index (χ1) is 25.5. The van der Waals surface area contributed by atoms with E-state index in [0.717, 1.165) is 24.3 Å². The first kappa shape index (κ1) is 40.6. The molecule has 0 saturated carbocycles. The number of hydrogen-bond donors (Lipinski definition) is 6. The molecule has 0 heterocycles. The number of nitrogens with zero attached hydrogens (tertiary/aromatic N) is 4. The van der Waals surface area contributed by atoms with E-state index >= 15 is 0 Å². The Morgan fingerprint density at radius 2 is 0.855 bits per heavy atom. The summed E-state index contributed by atoms with van der Waals surface area (Å²) in [5, 5.41) is 57.1. The van der Waals surface area contributed by atoms with E-state index in [1.807, 2.05) is 0 Å². The summed E-state index contributed by atoms with van der Waals surface area (Å²) in [5.74, 6) is -3.76. The number of fused-ring (bicyclic) bond motifs is 2. The molecule has 0 aliphatic rings. The minimum Gasteiger partial charge on any atom is -0.506 e. The molecular weight excluding hydrogens is 768 g/mol. The van der Waals surface area contributed by atoms with E-state index < -0.39 is 64.6 Å². The smallest absolute Gasteiger partial charge is 0.506 e. The fraction of sp³-hybridized carbons (Fsp3) is 0.0556. The van der Waals surface area contributed by atoms with E-state index in [-0.39, 0.29) is 87.0 Å². The molecule has 6 rings (SSSR count). The molecule has 6 aromatic carbocycles. The Hall–Kier alpha value is -5.60. The fourth-order valence-electron chi connectivity index (χ4n) is 5.77. The molecular formula is C36H26N4NaO12S2+. The van der Waals surface area contributed by atoms with Gasteiger partial charge < -0.3 is 20.4 Å². The third-order valence-corrected chi connectivity index (χ3v) is 10.2. The van der Waals surface area contributed by atoms with Gasteiger partial charge in [-0.3, -0.25) is 9.11 Å². The normalized spacial score (nSPS) is 12.0. The topological polar surface area (TPSA) is 273 Å². The van der Waals surface area contributed by atoms with E-state index in [9.17, 15) is 56.0 Å². The number of aryl methyl sites for hydroxylation is 2. The quantitative estimate of drug-likeness (QED) is 0.0580. The Morgan fingerprint density at radius 1 is 0.509 bits per heavy atom. The van der Waals surface area contributed by atoms with Gasteiger partial charge in [0.25, 0.3) is 20.2 Å². The fourth-order valence-corrected chi connectivity index (χ4v) is 7.31. The van der Waals surface area contributed by atoms with E-state index in [1.165, 1.54) is 36.4 Å². The Morgan fingerprint density at radius 3 is 1.18 bits per heavy atom. The number of azo groups is 2. The predicted octanol–water partition coefficient (Wildman–Crippen LogP) is 4.91. The molecule has 0 radical (unpaired) electrons. The van der Waals surface area contributed by atoms with Crippen LogP contribution in [-0.4, -0.2) is 58.3 Å². The van der Waals surface area contributed by atoms with Crippen molar-refractivity contribution in [1.82, 2.24) is 0 Å². The van der Waals surface area contributed by atoms with Crippen molar-refractivity contribution in [3.8, 4) is 11.5 Å². The Balaban J connectivity index is 0.00000580. The van der Waals surface area contributed by atoms with Crippen molar-refractivity contribution in [2.75, 3.05) is 0 Å². The first-order valence-electron chi connectivity index (χ1n) is 15.5. The molecule has 0 fully saturated rings. The second-order valence-corrected chi connectivity index (χ2v) is 14.5. The summed E-state index contributed by atoms with van der Waals surface area (Å²) in [7, 11) is -9.73. The molecule has 0 bridgehead atoms. The number of carboxylic acid groups (broad SMARTS) is 2. The van der Waals surface area contributed by atoms with Crippen LogP contribution in [0.25, 0.3) is 21.5 Å². The van der Waals surface area contributed by atoms with E-state index in [2.05, 4.69) is 20.5 Å². The number of aromatic carboxylic acids is 2. The van der Waals surface area contributed by atoms with Crippen molar-refractivity contribution in [3.63, 3.8) is 0 Å². The molecule has 0 saturated heterocycles. The van der Waals surface area contributed by atoms with Crippen molar-refractivity contribution < 1.29 is 85.5 Å². The van der Waals surface area contributed by atoms with E-state index in [1.54, 1.807) is 36.4 Å². The molecule has 19 heteroatoms. The molecule has 6 aromatic rings. The van der Waals surface area contributed by atoms with Gasteiger partial charge in [-0.2, -0.15) is 27.1 Å². The summed E-state index contributed by atoms with van der Waals surface area (Å²) in [6.07, 6.45) is -0.310. The maximum absolute atomic E-state index is 12.4. The third-order valence-electron chi connectivity index (χ3n) is 8.32. The van der Waals surface area contributed by atoms with E-state index in [0.29, 0.717) is 10.8 Å². The second kappa shape index (κ2) is 16.0. The minimum atomic E-state index is -4.87. The number of hydrogen-bond acceptors (Lipinski definition) is 12. The molecule has 0 aliphatic heterocycles. The Kier molecular flexibility index (Phi) is 11.8. The Bertz CT molecular complexity index is 2640. The summed E-state index contributed by atoms with van der Waals surface area (Å²) < 4.78 is 69.8. The van der Waals surface area contributed by atoms with Crippen molar-refractivity contribution in [3.05, 3.63) is 119 Å². The second-order valence-electron chi connectivity index (χ2n) is 11.7. The largest absolute Gasteiger partial charge is 1.00 e. The van der Waals surface area contributed by atoms with Gasteiger partial charge in [0.2, 0.25) is 0 Å². The number of rotatable bonds is 11. The molecule has 0 aliphatic carbocycles. The van der Waals surface area contributed by atoms with Gasteiger partial charge in [-0.1, -0.05) is 60.7 Å². The molecule has 16 nitrogen and oxygen atoms in total. The Labute approximate surface area is 333 Å². The van der Waals surface area contributed by atoms with Crippen molar-refractivity contribution in [2.45, 2.75) is 22.6 Å². The molecule has 0 amide bonds. The minimum absolute atomic E-state index is 0. The number of carboxylic acids is 2. The van der Waals surface area contributed by atoms with Gasteiger partial charge in [0.15, 0.2) is 0 Å². The van der Waals surface area contributed by atoms with Crippen LogP contribution in [0.4, 0.5) is 22.7 Å². The van der Waals surface area contributed by atoms with Crippen molar-refractivity contribution in [1.29, 1.82) is 0 Å². The van der Waals surface area contributed by atoms with Crippen LogP contribution in [0.2, 0.25) is 0 Å². The van der Waals surface area contributed by atoms with Gasteiger partial charge in [-0.05, 0) is 60.4 Å². The van der Waals surface area contributed by atoms with Gasteiger partial charge in [0.1, 0.15) is 22.6 Å². The van der Waals surface area contributed by atoms with Crippen LogP contribution in [-0.2, 0) is 33.1 Å². The molecule has 6 N–H and O–H groups in total. The van der Waals surface area contributed by atoms with Crippen LogP contribution < -0.4 is 29.6 Å².